The molecule has 2 heterocycles. The second kappa shape index (κ2) is 3.88. The number of likely N-dealkylation sites (tertiary alicyclic amines) is 1. The van der Waals surface area contributed by atoms with Gasteiger partial charge in [0.25, 0.3) is 0 Å². The smallest absolute Gasteiger partial charge is 0.192 e. The van der Waals surface area contributed by atoms with Gasteiger partial charge in [-0.25, -0.2) is 9.98 Å². The maximum absolute atomic E-state index is 10.5. The molecule has 0 aromatic carbocycles. The Bertz CT molecular complexity index is 292. The Morgan fingerprint density at radius 2 is 2.14 bits per heavy atom. The third-order valence-electron chi connectivity index (χ3n) is 2.47. The van der Waals surface area contributed by atoms with Gasteiger partial charge < -0.3 is 10.0 Å². The molecule has 2 rings (SSSR count). The van der Waals surface area contributed by atoms with Crippen molar-refractivity contribution in [3.63, 3.8) is 0 Å². The van der Waals surface area contributed by atoms with Gasteiger partial charge >= 0.3 is 0 Å². The Morgan fingerprint density at radius 3 is 2.79 bits per heavy atom. The molecule has 0 aromatic heterocycles. The van der Waals surface area contributed by atoms with E-state index in [1.807, 2.05) is 0 Å². The van der Waals surface area contributed by atoms with Crippen molar-refractivity contribution >= 4 is 18.0 Å². The SMILES string of the molecule is O=CC1=NC(O)CC(N2CCCC2)=N1. The number of nitrogens with zero attached hydrogens (tertiary/aromatic N) is 3. The van der Waals surface area contributed by atoms with E-state index in [-0.39, 0.29) is 5.84 Å². The standard InChI is InChI=1S/C9H13N3O2/c13-6-7-10-8(5-9(14)11-7)12-3-1-2-4-12/h6,9,14H,1-5H2. The van der Waals surface area contributed by atoms with Crippen molar-refractivity contribution in [2.75, 3.05) is 13.1 Å². The van der Waals surface area contributed by atoms with Crippen LogP contribution >= 0.6 is 0 Å². The van der Waals surface area contributed by atoms with Gasteiger partial charge in [0.05, 0.1) is 6.42 Å². The molecule has 2 aliphatic rings. The average Bonchev–Trinajstić information content (AvgIpc) is 2.69. The van der Waals surface area contributed by atoms with Gasteiger partial charge in [-0.3, -0.25) is 4.79 Å². The maximum atomic E-state index is 10.5. The van der Waals surface area contributed by atoms with Crippen molar-refractivity contribution < 1.29 is 9.90 Å². The number of rotatable bonds is 1. The normalized spacial score (nSPS) is 27.2. The van der Waals surface area contributed by atoms with Crippen LogP contribution in [0.25, 0.3) is 0 Å². The third-order valence-corrected chi connectivity index (χ3v) is 2.47. The summed E-state index contributed by atoms with van der Waals surface area (Å²) in [6.07, 6.45) is 2.52. The molecule has 1 saturated heterocycles. The number of aliphatic imine (C=N–C) groups is 2. The van der Waals surface area contributed by atoms with E-state index in [9.17, 15) is 9.90 Å². The fourth-order valence-electron chi connectivity index (χ4n) is 1.80. The number of carbonyl (C=O) groups excluding carboxylic acids is 1. The van der Waals surface area contributed by atoms with Gasteiger partial charge in [0.15, 0.2) is 18.3 Å². The molecule has 1 unspecified atom stereocenters. The van der Waals surface area contributed by atoms with Crippen molar-refractivity contribution in [1.29, 1.82) is 0 Å². The zero-order chi connectivity index (χ0) is 9.97. The molecule has 14 heavy (non-hydrogen) atoms. The summed E-state index contributed by atoms with van der Waals surface area (Å²) in [5.74, 6) is 0.901. The van der Waals surface area contributed by atoms with Crippen LogP contribution < -0.4 is 0 Å². The minimum Gasteiger partial charge on any atom is -0.371 e. The van der Waals surface area contributed by atoms with Crippen LogP contribution in [0.4, 0.5) is 0 Å². The van der Waals surface area contributed by atoms with E-state index in [2.05, 4.69) is 14.9 Å². The first-order chi connectivity index (χ1) is 6.79. The van der Waals surface area contributed by atoms with Crippen LogP contribution in [0.5, 0.6) is 0 Å². The predicted octanol–water partition coefficient (Wildman–Crippen LogP) is -0.200. The van der Waals surface area contributed by atoms with Gasteiger partial charge in [-0.05, 0) is 12.8 Å². The Hall–Kier alpha value is -1.23. The molecule has 0 bridgehead atoms. The van der Waals surface area contributed by atoms with Crippen molar-refractivity contribution in [2.24, 2.45) is 9.98 Å². The van der Waals surface area contributed by atoms with Gasteiger partial charge in [0.1, 0.15) is 5.84 Å². The molecule has 1 atom stereocenters. The molecular formula is C9H13N3O2. The summed E-state index contributed by atoms with van der Waals surface area (Å²) < 4.78 is 0. The molecule has 1 N–H and O–H groups in total. The minimum atomic E-state index is -0.803. The van der Waals surface area contributed by atoms with Crippen LogP contribution in [0, 0.1) is 0 Å². The molecular weight excluding hydrogens is 182 g/mol. The fraction of sp³-hybridized carbons (Fsp3) is 0.667. The lowest BCUT2D eigenvalue weighted by Crippen LogP contribution is -2.34. The molecule has 0 spiro atoms. The zero-order valence-electron chi connectivity index (χ0n) is 7.89. The number of aliphatic hydroxyl groups excluding tert-OH is 1. The summed E-state index contributed by atoms with van der Waals surface area (Å²) in [5, 5.41) is 9.39. The Morgan fingerprint density at radius 1 is 1.43 bits per heavy atom. The first-order valence-corrected chi connectivity index (χ1v) is 4.83. The molecule has 0 saturated carbocycles. The summed E-state index contributed by atoms with van der Waals surface area (Å²) in [5.41, 5.74) is 0. The molecule has 0 aliphatic carbocycles. The number of amidine groups is 2. The fourth-order valence-corrected chi connectivity index (χ4v) is 1.80. The molecule has 76 valence electrons. The van der Waals surface area contributed by atoms with Crippen molar-refractivity contribution in [1.82, 2.24) is 4.90 Å². The number of hydrogen-bond donors (Lipinski definition) is 1. The molecule has 5 heteroatoms. The van der Waals surface area contributed by atoms with Gasteiger partial charge in [-0.1, -0.05) is 0 Å². The second-order valence-electron chi connectivity index (χ2n) is 3.51. The van der Waals surface area contributed by atoms with Crippen molar-refractivity contribution in [3.05, 3.63) is 0 Å². The summed E-state index contributed by atoms with van der Waals surface area (Å²) in [6.45, 7) is 1.94. The molecule has 0 amide bonds. The van der Waals surface area contributed by atoms with Crippen LogP contribution in [0.1, 0.15) is 19.3 Å². The molecule has 2 aliphatic heterocycles. The lowest BCUT2D eigenvalue weighted by Gasteiger charge is -2.23. The Kier molecular flexibility index (Phi) is 2.58. The highest BCUT2D eigenvalue weighted by atomic mass is 16.3. The summed E-state index contributed by atoms with van der Waals surface area (Å²) in [4.78, 5) is 20.4. The van der Waals surface area contributed by atoms with Crippen LogP contribution in [-0.2, 0) is 4.79 Å². The van der Waals surface area contributed by atoms with E-state index < -0.39 is 6.23 Å². The molecule has 1 fully saturated rings. The second-order valence-corrected chi connectivity index (χ2v) is 3.51. The number of carbonyl (C=O) groups is 1. The van der Waals surface area contributed by atoms with Gasteiger partial charge in [-0.15, -0.1) is 0 Å². The lowest BCUT2D eigenvalue weighted by atomic mass is 10.3. The maximum Gasteiger partial charge on any atom is 0.192 e. The van der Waals surface area contributed by atoms with Gasteiger partial charge in [0, 0.05) is 13.1 Å². The van der Waals surface area contributed by atoms with Crippen LogP contribution in [0.15, 0.2) is 9.98 Å². The summed E-state index contributed by atoms with van der Waals surface area (Å²) in [6, 6.07) is 0. The Balaban J connectivity index is 2.14. The minimum absolute atomic E-state index is 0.102. The molecule has 5 nitrogen and oxygen atoms in total. The molecule has 0 aromatic rings. The van der Waals surface area contributed by atoms with E-state index in [4.69, 9.17) is 0 Å². The lowest BCUT2D eigenvalue weighted by molar-refractivity contribution is -0.102. The average molecular weight is 195 g/mol. The highest BCUT2D eigenvalue weighted by molar-refractivity contribution is 6.30. The molecule has 0 radical (unpaired) electrons. The monoisotopic (exact) mass is 195 g/mol. The number of aldehydes is 1. The highest BCUT2D eigenvalue weighted by Crippen LogP contribution is 2.14. The van der Waals surface area contributed by atoms with Crippen LogP contribution in [0.3, 0.4) is 0 Å². The summed E-state index contributed by atoms with van der Waals surface area (Å²) >= 11 is 0. The van der Waals surface area contributed by atoms with E-state index in [1.165, 1.54) is 0 Å². The van der Waals surface area contributed by atoms with Gasteiger partial charge in [-0.2, -0.15) is 0 Å². The van der Waals surface area contributed by atoms with E-state index >= 15 is 0 Å². The summed E-state index contributed by atoms with van der Waals surface area (Å²) in [7, 11) is 0. The number of hydrogen-bond acceptors (Lipinski definition) is 5. The Labute approximate surface area is 82.2 Å². The van der Waals surface area contributed by atoms with Gasteiger partial charge in [0.2, 0.25) is 0 Å². The van der Waals surface area contributed by atoms with E-state index in [1.54, 1.807) is 0 Å². The van der Waals surface area contributed by atoms with Crippen molar-refractivity contribution in [3.8, 4) is 0 Å². The van der Waals surface area contributed by atoms with E-state index in [0.717, 1.165) is 31.8 Å². The predicted molar refractivity (Wildman–Crippen MR) is 52.4 cm³/mol. The first-order valence-electron chi connectivity index (χ1n) is 4.83. The van der Waals surface area contributed by atoms with Crippen molar-refractivity contribution in [2.45, 2.75) is 25.5 Å². The third kappa shape index (κ3) is 1.82. The zero-order valence-corrected chi connectivity index (χ0v) is 7.89. The largest absolute Gasteiger partial charge is 0.371 e. The quantitative estimate of drug-likeness (QED) is 0.589. The topological polar surface area (TPSA) is 65.3 Å². The number of aliphatic hydroxyl groups is 1. The first kappa shape index (κ1) is 9.33. The highest BCUT2D eigenvalue weighted by Gasteiger charge is 2.22. The van der Waals surface area contributed by atoms with E-state index in [0.29, 0.717) is 12.7 Å². The van der Waals surface area contributed by atoms with Crippen LogP contribution in [-0.4, -0.2) is 47.3 Å². The van der Waals surface area contributed by atoms with Crippen LogP contribution in [0.2, 0.25) is 0 Å².